The molecule has 1 aromatic carbocycles. The van der Waals surface area contributed by atoms with Gasteiger partial charge in [0, 0.05) is 24.6 Å². The van der Waals surface area contributed by atoms with Gasteiger partial charge in [0.05, 0.1) is 6.20 Å². The SMILES string of the molecule is NC1CC(=O)N(c2[nH]ncc2-c2ccc(F)cc2)C1. The largest absolute Gasteiger partial charge is 0.326 e. The normalized spacial score (nSPS) is 19.2. The van der Waals surface area contributed by atoms with Gasteiger partial charge in [-0.25, -0.2) is 4.39 Å². The van der Waals surface area contributed by atoms with Crippen LogP contribution in [0, 0.1) is 5.82 Å². The van der Waals surface area contributed by atoms with E-state index in [0.717, 1.165) is 11.1 Å². The summed E-state index contributed by atoms with van der Waals surface area (Å²) >= 11 is 0. The van der Waals surface area contributed by atoms with E-state index in [2.05, 4.69) is 10.2 Å². The van der Waals surface area contributed by atoms with Gasteiger partial charge < -0.3 is 5.73 Å². The molecule has 98 valence electrons. The monoisotopic (exact) mass is 260 g/mol. The summed E-state index contributed by atoms with van der Waals surface area (Å²) in [6.45, 7) is 0.467. The van der Waals surface area contributed by atoms with E-state index in [1.807, 2.05) is 0 Å². The van der Waals surface area contributed by atoms with Gasteiger partial charge in [0.15, 0.2) is 0 Å². The van der Waals surface area contributed by atoms with Crippen molar-refractivity contribution in [1.82, 2.24) is 10.2 Å². The third kappa shape index (κ3) is 2.10. The van der Waals surface area contributed by atoms with Crippen LogP contribution in [-0.2, 0) is 4.79 Å². The molecule has 19 heavy (non-hydrogen) atoms. The van der Waals surface area contributed by atoms with E-state index in [0.29, 0.717) is 18.8 Å². The van der Waals surface area contributed by atoms with Crippen LogP contribution in [0.1, 0.15) is 6.42 Å². The van der Waals surface area contributed by atoms with E-state index in [9.17, 15) is 9.18 Å². The summed E-state index contributed by atoms with van der Waals surface area (Å²) in [7, 11) is 0. The zero-order valence-corrected chi connectivity index (χ0v) is 10.1. The number of aromatic amines is 1. The van der Waals surface area contributed by atoms with Crippen molar-refractivity contribution < 1.29 is 9.18 Å². The molecule has 1 aromatic heterocycles. The van der Waals surface area contributed by atoms with Gasteiger partial charge in [-0.15, -0.1) is 0 Å². The second kappa shape index (κ2) is 4.47. The molecule has 1 atom stereocenters. The molecule has 0 saturated carbocycles. The van der Waals surface area contributed by atoms with E-state index in [1.165, 1.54) is 12.1 Å². The van der Waals surface area contributed by atoms with E-state index in [-0.39, 0.29) is 17.8 Å². The summed E-state index contributed by atoms with van der Waals surface area (Å²) in [6, 6.07) is 5.92. The van der Waals surface area contributed by atoms with Crippen molar-refractivity contribution in [3.8, 4) is 11.1 Å². The Labute approximate surface area is 109 Å². The van der Waals surface area contributed by atoms with Crippen molar-refractivity contribution in [2.75, 3.05) is 11.4 Å². The van der Waals surface area contributed by atoms with Gasteiger partial charge >= 0.3 is 0 Å². The maximum Gasteiger partial charge on any atom is 0.229 e. The lowest BCUT2D eigenvalue weighted by atomic mass is 10.1. The van der Waals surface area contributed by atoms with Crippen LogP contribution in [0.3, 0.4) is 0 Å². The molecule has 6 heteroatoms. The molecule has 3 rings (SSSR count). The van der Waals surface area contributed by atoms with E-state index >= 15 is 0 Å². The van der Waals surface area contributed by atoms with Crippen LogP contribution in [-0.4, -0.2) is 28.7 Å². The first-order chi connectivity index (χ1) is 9.15. The quantitative estimate of drug-likeness (QED) is 0.854. The number of nitrogens with zero attached hydrogens (tertiary/aromatic N) is 2. The van der Waals surface area contributed by atoms with E-state index < -0.39 is 0 Å². The molecular formula is C13H13FN4O. The van der Waals surface area contributed by atoms with Gasteiger partial charge in [-0.3, -0.25) is 14.8 Å². The fourth-order valence-corrected chi connectivity index (χ4v) is 2.28. The molecule has 0 aliphatic carbocycles. The standard InChI is InChI=1S/C13H13FN4O/c14-9-3-1-8(2-4-9)11-6-16-17-13(11)18-7-10(15)5-12(18)19/h1-4,6,10H,5,7,15H2,(H,16,17). The number of amides is 1. The molecule has 0 radical (unpaired) electrons. The minimum absolute atomic E-state index is 0.0277. The minimum atomic E-state index is -0.298. The molecule has 2 heterocycles. The Morgan fingerprint density at radius 1 is 1.37 bits per heavy atom. The Bertz CT molecular complexity index is 607. The highest BCUT2D eigenvalue weighted by atomic mass is 19.1. The maximum absolute atomic E-state index is 12.9. The number of H-pyrrole nitrogens is 1. The number of carbonyl (C=O) groups is 1. The second-order valence-electron chi connectivity index (χ2n) is 4.61. The Balaban J connectivity index is 1.99. The summed E-state index contributed by atoms with van der Waals surface area (Å²) in [5.41, 5.74) is 7.35. The van der Waals surface area contributed by atoms with Crippen molar-refractivity contribution in [3.05, 3.63) is 36.3 Å². The fourth-order valence-electron chi connectivity index (χ4n) is 2.28. The molecule has 1 unspecified atom stereocenters. The van der Waals surface area contributed by atoms with Gasteiger partial charge in [0.2, 0.25) is 5.91 Å². The summed E-state index contributed by atoms with van der Waals surface area (Å²) in [5, 5.41) is 6.79. The molecular weight excluding hydrogens is 247 g/mol. The molecule has 0 spiro atoms. The highest BCUT2D eigenvalue weighted by molar-refractivity contribution is 5.98. The lowest BCUT2D eigenvalue weighted by molar-refractivity contribution is -0.117. The Kier molecular flexibility index (Phi) is 2.79. The molecule has 1 aliphatic heterocycles. The molecule has 3 N–H and O–H groups in total. The van der Waals surface area contributed by atoms with Crippen molar-refractivity contribution in [2.24, 2.45) is 5.73 Å². The Morgan fingerprint density at radius 2 is 2.11 bits per heavy atom. The first kappa shape index (κ1) is 11.9. The van der Waals surface area contributed by atoms with Crippen LogP contribution in [0.2, 0.25) is 0 Å². The van der Waals surface area contributed by atoms with E-state index in [4.69, 9.17) is 5.73 Å². The van der Waals surface area contributed by atoms with Crippen LogP contribution < -0.4 is 10.6 Å². The maximum atomic E-state index is 12.9. The predicted octanol–water partition coefficient (Wildman–Crippen LogP) is 1.28. The highest BCUT2D eigenvalue weighted by Crippen LogP contribution is 2.31. The molecule has 1 fully saturated rings. The van der Waals surface area contributed by atoms with Gasteiger partial charge in [0.25, 0.3) is 0 Å². The van der Waals surface area contributed by atoms with Crippen molar-refractivity contribution in [1.29, 1.82) is 0 Å². The molecule has 5 nitrogen and oxygen atoms in total. The van der Waals surface area contributed by atoms with Gasteiger partial charge in [-0.2, -0.15) is 5.10 Å². The lowest BCUT2D eigenvalue weighted by Gasteiger charge is -2.15. The van der Waals surface area contributed by atoms with Crippen molar-refractivity contribution in [3.63, 3.8) is 0 Å². The fraction of sp³-hybridized carbons (Fsp3) is 0.231. The van der Waals surface area contributed by atoms with Gasteiger partial charge in [-0.1, -0.05) is 12.1 Å². The van der Waals surface area contributed by atoms with Crippen molar-refractivity contribution in [2.45, 2.75) is 12.5 Å². The summed E-state index contributed by atoms with van der Waals surface area (Å²) in [5.74, 6) is 0.290. The summed E-state index contributed by atoms with van der Waals surface area (Å²) in [4.78, 5) is 13.5. The van der Waals surface area contributed by atoms with Gasteiger partial charge in [-0.05, 0) is 17.7 Å². The third-order valence-corrected chi connectivity index (χ3v) is 3.20. The lowest BCUT2D eigenvalue weighted by Crippen LogP contribution is -2.28. The molecule has 2 aromatic rings. The average molecular weight is 260 g/mol. The first-order valence-corrected chi connectivity index (χ1v) is 6.00. The number of nitrogens with two attached hydrogens (primary N) is 1. The van der Waals surface area contributed by atoms with E-state index in [1.54, 1.807) is 23.2 Å². The van der Waals surface area contributed by atoms with Crippen LogP contribution in [0.4, 0.5) is 10.2 Å². The van der Waals surface area contributed by atoms with Crippen LogP contribution in [0.5, 0.6) is 0 Å². The molecule has 1 saturated heterocycles. The number of hydrogen-bond acceptors (Lipinski definition) is 3. The Morgan fingerprint density at radius 3 is 2.74 bits per heavy atom. The number of benzene rings is 1. The second-order valence-corrected chi connectivity index (χ2v) is 4.61. The number of rotatable bonds is 2. The smallest absolute Gasteiger partial charge is 0.229 e. The predicted molar refractivity (Wildman–Crippen MR) is 68.9 cm³/mol. The van der Waals surface area contributed by atoms with Crippen molar-refractivity contribution >= 4 is 11.7 Å². The number of anilines is 1. The number of hydrogen-bond donors (Lipinski definition) is 2. The number of aromatic nitrogens is 2. The average Bonchev–Trinajstić information content (AvgIpc) is 2.96. The van der Waals surface area contributed by atoms with Crippen LogP contribution in [0.15, 0.2) is 30.5 Å². The molecule has 1 aliphatic rings. The number of carbonyl (C=O) groups excluding carboxylic acids is 1. The van der Waals surface area contributed by atoms with Crippen LogP contribution >= 0.6 is 0 Å². The number of nitrogens with one attached hydrogen (secondary N) is 1. The van der Waals surface area contributed by atoms with Gasteiger partial charge in [0.1, 0.15) is 11.6 Å². The third-order valence-electron chi connectivity index (χ3n) is 3.20. The zero-order chi connectivity index (χ0) is 13.4. The highest BCUT2D eigenvalue weighted by Gasteiger charge is 2.30. The summed E-state index contributed by atoms with van der Waals surface area (Å²) < 4.78 is 12.9. The number of halogens is 1. The molecule has 0 bridgehead atoms. The summed E-state index contributed by atoms with van der Waals surface area (Å²) in [6.07, 6.45) is 1.96. The molecule has 1 amide bonds. The topological polar surface area (TPSA) is 75.0 Å². The first-order valence-electron chi connectivity index (χ1n) is 6.00. The minimum Gasteiger partial charge on any atom is -0.326 e. The zero-order valence-electron chi connectivity index (χ0n) is 10.1. The Hall–Kier alpha value is -2.21. The van der Waals surface area contributed by atoms with Crippen LogP contribution in [0.25, 0.3) is 11.1 Å².